The Morgan fingerprint density at radius 1 is 0.778 bits per heavy atom. The Morgan fingerprint density at radius 2 is 1.33 bits per heavy atom. The van der Waals surface area contributed by atoms with E-state index in [1.807, 2.05) is 0 Å². The van der Waals surface area contributed by atoms with Gasteiger partial charge in [0.05, 0.1) is 0 Å². The van der Waals surface area contributed by atoms with Crippen molar-refractivity contribution >= 4 is 24.6 Å². The van der Waals surface area contributed by atoms with Gasteiger partial charge in [0.15, 0.2) is 13.1 Å². The Bertz CT molecular complexity index is 39.5. The van der Waals surface area contributed by atoms with Crippen molar-refractivity contribution in [1.82, 2.24) is 0 Å². The van der Waals surface area contributed by atoms with Crippen LogP contribution < -0.4 is 0 Å². The molecule has 0 nitrogen and oxygen atoms in total. The maximum atomic E-state index is 2.14. The lowest BCUT2D eigenvalue weighted by atomic mass is 9.95. The van der Waals surface area contributed by atoms with Gasteiger partial charge in [0.25, 0.3) is 0 Å². The van der Waals surface area contributed by atoms with Crippen molar-refractivity contribution in [1.29, 1.82) is 0 Å². The van der Waals surface area contributed by atoms with Crippen LogP contribution in [0, 0.1) is 0 Å². The first-order valence-corrected chi connectivity index (χ1v) is 5.23. The molecule has 0 bridgehead atoms. The number of hydrogen-bond acceptors (Lipinski definition) is 1. The van der Waals surface area contributed by atoms with Gasteiger partial charge in [0, 0.05) is 0 Å². The van der Waals surface area contributed by atoms with Gasteiger partial charge in [-0.1, -0.05) is 38.3 Å². The van der Waals surface area contributed by atoms with Crippen molar-refractivity contribution in [3.05, 3.63) is 0 Å². The first kappa shape index (κ1) is 7.59. The highest BCUT2D eigenvalue weighted by molar-refractivity contribution is 8.40. The average molecular weight is 140 g/mol. The molecule has 0 saturated carbocycles. The number of rotatable bonds is 0. The zero-order valence-electron chi connectivity index (χ0n) is 6.07. The third-order valence-corrected chi connectivity index (χ3v) is 2.98. The maximum Gasteiger partial charge on any atom is 0.177 e. The minimum atomic E-state index is 1.42. The second-order valence-electron chi connectivity index (χ2n) is 2.73. The van der Waals surface area contributed by atoms with Gasteiger partial charge in [-0.2, -0.15) is 0 Å². The van der Waals surface area contributed by atoms with Crippen molar-refractivity contribution in [2.45, 2.75) is 38.3 Å². The second-order valence-corrected chi connectivity index (χ2v) is 3.96. The fourth-order valence-corrected chi connectivity index (χ4v) is 2.24. The summed E-state index contributed by atoms with van der Waals surface area (Å²) in [6, 6.07) is 0. The van der Waals surface area contributed by atoms with E-state index >= 15 is 0 Å². The molecule has 0 aromatic heterocycles. The monoisotopic (exact) mass is 140 g/mol. The molecule has 9 heavy (non-hydrogen) atoms. The van der Waals surface area contributed by atoms with E-state index in [1.54, 1.807) is 0 Å². The minimum absolute atomic E-state index is 1.42. The molecule has 3 heteroatoms. The van der Waals surface area contributed by atoms with E-state index in [2.05, 4.69) is 11.5 Å². The van der Waals surface area contributed by atoms with Crippen LogP contribution in [0.25, 0.3) is 0 Å². The average Bonchev–Trinajstić information content (AvgIpc) is 2.00. The van der Waals surface area contributed by atoms with Crippen LogP contribution in [-0.4, -0.2) is 13.1 Å². The summed E-state index contributed by atoms with van der Waals surface area (Å²) in [5.41, 5.74) is 0. The minimum Gasteiger partial charge on any atom is -0.262 e. The first-order valence-electron chi connectivity index (χ1n) is 4.08. The van der Waals surface area contributed by atoms with Crippen molar-refractivity contribution in [3.8, 4) is 0 Å². The second kappa shape index (κ2) is 5.28. The molecule has 1 rings (SSSR count). The fraction of sp³-hybridized carbons (Fsp3) is 1.00. The highest BCUT2D eigenvalue weighted by Gasteiger charge is 1.98. The summed E-state index contributed by atoms with van der Waals surface area (Å²) in [5, 5.41) is 0. The van der Waals surface area contributed by atoms with Crippen LogP contribution in [0.15, 0.2) is 0 Å². The van der Waals surface area contributed by atoms with Gasteiger partial charge in [-0.15, -0.1) is 0 Å². The van der Waals surface area contributed by atoms with Gasteiger partial charge >= 0.3 is 0 Å². The Morgan fingerprint density at radius 3 is 1.89 bits per heavy atom. The van der Waals surface area contributed by atoms with Crippen LogP contribution in [0.3, 0.4) is 0 Å². The summed E-state index contributed by atoms with van der Waals surface area (Å²) >= 11 is 2.14. The van der Waals surface area contributed by atoms with Gasteiger partial charge in [0.2, 0.25) is 0 Å². The van der Waals surface area contributed by atoms with Crippen LogP contribution in [-0.2, 0) is 0 Å². The van der Waals surface area contributed by atoms with Crippen molar-refractivity contribution in [2.75, 3.05) is 0 Å². The number of hydrogen-bond donors (Lipinski definition) is 0. The molecule has 1 aliphatic rings. The Kier molecular flexibility index (Phi) is 4.45. The van der Waals surface area contributed by atoms with E-state index in [9.17, 15) is 0 Å². The molecule has 0 radical (unpaired) electrons. The Labute approximate surface area is 63.5 Å². The maximum absolute atomic E-state index is 2.14. The van der Waals surface area contributed by atoms with Crippen molar-refractivity contribution in [2.24, 2.45) is 0 Å². The van der Waals surface area contributed by atoms with Gasteiger partial charge in [0.1, 0.15) is 0 Å². The first-order chi connectivity index (χ1) is 4.50. The lowest BCUT2D eigenvalue weighted by Gasteiger charge is -1.93. The summed E-state index contributed by atoms with van der Waals surface area (Å²) in [7, 11) is 0. The van der Waals surface area contributed by atoms with E-state index < -0.39 is 0 Å². The van der Waals surface area contributed by atoms with Crippen LogP contribution in [0.5, 0.6) is 0 Å². The molecule has 0 aromatic carbocycles. The molecule has 0 amide bonds. The van der Waals surface area contributed by atoms with Gasteiger partial charge < -0.3 is 0 Å². The molecule has 1 heterocycles. The smallest absolute Gasteiger partial charge is 0.177 e. The highest BCUT2D eigenvalue weighted by Crippen LogP contribution is 2.13. The van der Waals surface area contributed by atoms with E-state index in [4.69, 9.17) is 0 Å². The fourth-order valence-electron chi connectivity index (χ4n) is 1.22. The van der Waals surface area contributed by atoms with Crippen LogP contribution >= 0.6 is 11.5 Å². The SMILES string of the molecule is B1CCCCCCBS1. The summed E-state index contributed by atoms with van der Waals surface area (Å²) in [5.74, 6) is 0. The standard InChI is InChI=1S/C6H14B2S/c1-2-4-6-8-9-7-5-3-1/h7-8H,1-6H2. The largest absolute Gasteiger partial charge is 0.262 e. The van der Waals surface area contributed by atoms with E-state index in [0.717, 1.165) is 0 Å². The molecule has 1 aliphatic heterocycles. The molecule has 0 aliphatic carbocycles. The molecular weight excluding hydrogens is 126 g/mol. The summed E-state index contributed by atoms with van der Waals surface area (Å²) in [6.07, 6.45) is 8.86. The molecule has 0 N–H and O–H groups in total. The van der Waals surface area contributed by atoms with Crippen molar-refractivity contribution in [3.63, 3.8) is 0 Å². The Balaban J connectivity index is 2.02. The molecule has 0 aromatic rings. The molecular formula is C6H14B2S. The Hall–Kier alpha value is 0.480. The molecule has 50 valence electrons. The van der Waals surface area contributed by atoms with E-state index in [0.29, 0.717) is 0 Å². The summed E-state index contributed by atoms with van der Waals surface area (Å²) in [4.78, 5) is 0. The lowest BCUT2D eigenvalue weighted by Crippen LogP contribution is -1.86. The van der Waals surface area contributed by atoms with Crippen LogP contribution in [0.2, 0.25) is 12.6 Å². The third kappa shape index (κ3) is 3.96. The predicted octanol–water partition coefficient (Wildman–Crippen LogP) is 1.83. The van der Waals surface area contributed by atoms with Crippen molar-refractivity contribution < 1.29 is 0 Å². The quantitative estimate of drug-likeness (QED) is 0.462. The van der Waals surface area contributed by atoms with Gasteiger partial charge in [-0.05, 0) is 0 Å². The van der Waals surface area contributed by atoms with Gasteiger partial charge in [-0.25, -0.2) is 0 Å². The molecule has 1 fully saturated rings. The summed E-state index contributed by atoms with van der Waals surface area (Å²) in [6.45, 7) is 2.83. The molecule has 0 spiro atoms. The normalized spacial score (nSPS) is 22.2. The topological polar surface area (TPSA) is 0 Å². The van der Waals surface area contributed by atoms with Gasteiger partial charge in [-0.3, -0.25) is 11.5 Å². The third-order valence-electron chi connectivity index (χ3n) is 1.83. The highest BCUT2D eigenvalue weighted by atomic mass is 32.2. The zero-order chi connectivity index (χ0) is 6.36. The lowest BCUT2D eigenvalue weighted by molar-refractivity contribution is 0.701. The summed E-state index contributed by atoms with van der Waals surface area (Å²) < 4.78 is 0. The van der Waals surface area contributed by atoms with Crippen LogP contribution in [0.4, 0.5) is 0 Å². The molecule has 1 saturated heterocycles. The van der Waals surface area contributed by atoms with E-state index in [1.165, 1.54) is 51.4 Å². The van der Waals surface area contributed by atoms with E-state index in [-0.39, 0.29) is 0 Å². The predicted molar refractivity (Wildman–Crippen MR) is 50.0 cm³/mol. The molecule has 0 atom stereocenters. The molecule has 0 unspecified atom stereocenters. The van der Waals surface area contributed by atoms with Crippen LogP contribution in [0.1, 0.15) is 25.7 Å². The zero-order valence-corrected chi connectivity index (χ0v) is 6.88.